The number of methoxy groups -OCH3 is 1. The van der Waals surface area contributed by atoms with Crippen LogP contribution >= 0.6 is 0 Å². The van der Waals surface area contributed by atoms with Crippen LogP contribution in [0.25, 0.3) is 0 Å². The van der Waals surface area contributed by atoms with Gasteiger partial charge in [0.2, 0.25) is 0 Å². The lowest BCUT2D eigenvalue weighted by Gasteiger charge is -2.28. The van der Waals surface area contributed by atoms with Gasteiger partial charge in [0.25, 0.3) is 5.69 Å². The van der Waals surface area contributed by atoms with E-state index in [-0.39, 0.29) is 11.3 Å². The molecule has 1 aliphatic rings. The van der Waals surface area contributed by atoms with Crippen LogP contribution in [0.5, 0.6) is 0 Å². The summed E-state index contributed by atoms with van der Waals surface area (Å²) in [7, 11) is 1.16. The van der Waals surface area contributed by atoms with Crippen molar-refractivity contribution >= 4 is 23.3 Å². The second kappa shape index (κ2) is 7.54. The van der Waals surface area contributed by atoms with Crippen molar-refractivity contribution in [3.63, 3.8) is 0 Å². The van der Waals surface area contributed by atoms with Gasteiger partial charge in [-0.3, -0.25) is 10.1 Å². The number of esters is 2. The highest BCUT2D eigenvalue weighted by atomic mass is 16.6. The van der Waals surface area contributed by atoms with Crippen molar-refractivity contribution in [1.29, 1.82) is 0 Å². The van der Waals surface area contributed by atoms with Crippen molar-refractivity contribution in [1.82, 2.24) is 0 Å². The molecule has 1 heterocycles. The Morgan fingerprint density at radius 2 is 2.04 bits per heavy atom. The summed E-state index contributed by atoms with van der Waals surface area (Å²) in [6.07, 6.45) is 0. The van der Waals surface area contributed by atoms with Crippen molar-refractivity contribution < 1.29 is 28.7 Å². The van der Waals surface area contributed by atoms with Gasteiger partial charge in [-0.2, -0.15) is 0 Å². The van der Waals surface area contributed by atoms with E-state index in [1.165, 1.54) is 12.1 Å². The highest BCUT2D eigenvalue weighted by molar-refractivity contribution is 5.92. The number of hydrogen-bond acceptors (Lipinski definition) is 8. The summed E-state index contributed by atoms with van der Waals surface area (Å²) in [5.74, 6) is -1.54. The van der Waals surface area contributed by atoms with Crippen LogP contribution in [-0.2, 0) is 19.0 Å². The molecule has 0 amide bonds. The molecule has 0 radical (unpaired) electrons. The minimum absolute atomic E-state index is 0.00221. The van der Waals surface area contributed by atoms with Gasteiger partial charge in [-0.1, -0.05) is 0 Å². The van der Waals surface area contributed by atoms with Crippen LogP contribution in [0.2, 0.25) is 0 Å². The lowest BCUT2D eigenvalue weighted by atomic mass is 10.1. The Balaban J connectivity index is 2.19. The highest BCUT2D eigenvalue weighted by Gasteiger charge is 2.24. The van der Waals surface area contributed by atoms with E-state index in [9.17, 15) is 19.7 Å². The first-order chi connectivity index (χ1) is 11.0. The summed E-state index contributed by atoms with van der Waals surface area (Å²) in [6.45, 7) is 1.49. The molecule has 9 nitrogen and oxygen atoms in total. The molecule has 0 atom stereocenters. The van der Waals surface area contributed by atoms with Crippen molar-refractivity contribution in [2.24, 2.45) is 0 Å². The van der Waals surface area contributed by atoms with Gasteiger partial charge in [-0.15, -0.1) is 0 Å². The first kappa shape index (κ1) is 16.7. The van der Waals surface area contributed by atoms with Gasteiger partial charge in [0.1, 0.15) is 5.69 Å². The maximum absolute atomic E-state index is 11.8. The second-order valence-electron chi connectivity index (χ2n) is 4.71. The summed E-state index contributed by atoms with van der Waals surface area (Å²) in [4.78, 5) is 35.3. The van der Waals surface area contributed by atoms with Crippen LogP contribution in [0.15, 0.2) is 18.2 Å². The normalized spacial score (nSPS) is 14.2. The topological polar surface area (TPSA) is 108 Å². The van der Waals surface area contributed by atoms with Crippen molar-refractivity contribution in [3.05, 3.63) is 33.9 Å². The zero-order chi connectivity index (χ0) is 16.8. The van der Waals surface area contributed by atoms with Crippen LogP contribution in [0.4, 0.5) is 11.4 Å². The Hall–Kier alpha value is -2.68. The predicted molar refractivity (Wildman–Crippen MR) is 78.4 cm³/mol. The fourth-order valence-electron chi connectivity index (χ4n) is 2.14. The standard InChI is InChI=1S/C14H16N2O7/c1-21-13(17)9-23-14(18)10-2-3-11(12(8-10)16(19)20)15-4-6-22-7-5-15/h2-3,8H,4-7,9H2,1H3. The van der Waals surface area contributed by atoms with Gasteiger partial charge in [0.15, 0.2) is 6.61 Å². The number of benzene rings is 1. The van der Waals surface area contributed by atoms with Gasteiger partial charge < -0.3 is 19.1 Å². The molecular formula is C14H16N2O7. The minimum atomic E-state index is -0.827. The monoisotopic (exact) mass is 324 g/mol. The van der Waals surface area contributed by atoms with E-state index >= 15 is 0 Å². The number of nitro benzene ring substituents is 1. The molecule has 0 aromatic heterocycles. The number of carbonyl (C=O) groups is 2. The summed E-state index contributed by atoms with van der Waals surface area (Å²) >= 11 is 0. The Bertz CT molecular complexity index is 611. The number of nitro groups is 1. The molecule has 1 aromatic carbocycles. The predicted octanol–water partition coefficient (Wildman–Crippen LogP) is 0.761. The third-order valence-corrected chi connectivity index (χ3v) is 3.31. The van der Waals surface area contributed by atoms with Gasteiger partial charge in [-0.25, -0.2) is 9.59 Å². The molecule has 1 aromatic rings. The summed E-state index contributed by atoms with van der Waals surface area (Å²) in [5.41, 5.74) is 0.222. The average molecular weight is 324 g/mol. The SMILES string of the molecule is COC(=O)COC(=O)c1ccc(N2CCOCC2)c([N+](=O)[O-])c1. The van der Waals surface area contributed by atoms with E-state index in [0.29, 0.717) is 32.0 Å². The van der Waals surface area contributed by atoms with Gasteiger partial charge >= 0.3 is 11.9 Å². The third kappa shape index (κ3) is 4.16. The fourth-order valence-corrected chi connectivity index (χ4v) is 2.14. The lowest BCUT2D eigenvalue weighted by molar-refractivity contribution is -0.384. The largest absolute Gasteiger partial charge is 0.466 e. The number of carbonyl (C=O) groups excluding carboxylic acids is 2. The van der Waals surface area contributed by atoms with Crippen LogP contribution in [0.1, 0.15) is 10.4 Å². The first-order valence-electron chi connectivity index (χ1n) is 6.88. The van der Waals surface area contributed by atoms with Crippen LogP contribution in [-0.4, -0.2) is 56.9 Å². The van der Waals surface area contributed by atoms with E-state index in [4.69, 9.17) is 9.47 Å². The quantitative estimate of drug-likeness (QED) is 0.444. The molecule has 0 bridgehead atoms. The number of morpholine rings is 1. The van der Waals surface area contributed by atoms with E-state index in [2.05, 4.69) is 4.74 Å². The minimum Gasteiger partial charge on any atom is -0.466 e. The molecule has 124 valence electrons. The second-order valence-corrected chi connectivity index (χ2v) is 4.71. The van der Waals surface area contributed by atoms with Crippen molar-refractivity contribution in [2.75, 3.05) is 44.9 Å². The molecule has 0 aliphatic carbocycles. The lowest BCUT2D eigenvalue weighted by Crippen LogP contribution is -2.36. The Morgan fingerprint density at radius 1 is 1.35 bits per heavy atom. The number of nitrogens with zero attached hydrogens (tertiary/aromatic N) is 2. The Labute approximate surface area is 131 Å². The molecule has 0 spiro atoms. The maximum Gasteiger partial charge on any atom is 0.344 e. The summed E-state index contributed by atoms with van der Waals surface area (Å²) in [6, 6.07) is 4.07. The molecule has 1 saturated heterocycles. The molecule has 0 saturated carbocycles. The molecule has 23 heavy (non-hydrogen) atoms. The van der Waals surface area contributed by atoms with Crippen LogP contribution in [0, 0.1) is 10.1 Å². The fraction of sp³-hybridized carbons (Fsp3) is 0.429. The zero-order valence-corrected chi connectivity index (χ0v) is 12.5. The molecule has 0 unspecified atom stereocenters. The number of anilines is 1. The summed E-state index contributed by atoms with van der Waals surface area (Å²) < 4.78 is 14.3. The first-order valence-corrected chi connectivity index (χ1v) is 6.88. The Morgan fingerprint density at radius 3 is 2.65 bits per heavy atom. The molecule has 9 heteroatoms. The van der Waals surface area contributed by atoms with Crippen molar-refractivity contribution in [3.8, 4) is 0 Å². The van der Waals surface area contributed by atoms with Gasteiger partial charge in [-0.05, 0) is 12.1 Å². The van der Waals surface area contributed by atoms with Gasteiger partial charge in [0.05, 0.1) is 30.8 Å². The van der Waals surface area contributed by atoms with Crippen LogP contribution in [0.3, 0.4) is 0 Å². The third-order valence-electron chi connectivity index (χ3n) is 3.31. The smallest absolute Gasteiger partial charge is 0.344 e. The van der Waals surface area contributed by atoms with E-state index < -0.39 is 23.5 Å². The highest BCUT2D eigenvalue weighted by Crippen LogP contribution is 2.30. The number of ether oxygens (including phenoxy) is 3. The number of hydrogen-bond donors (Lipinski definition) is 0. The molecule has 2 rings (SSSR count). The average Bonchev–Trinajstić information content (AvgIpc) is 2.59. The molecule has 1 aliphatic heterocycles. The van der Waals surface area contributed by atoms with E-state index in [1.54, 1.807) is 0 Å². The molecule has 1 fully saturated rings. The summed E-state index contributed by atoms with van der Waals surface area (Å²) in [5, 5.41) is 11.3. The van der Waals surface area contributed by atoms with Crippen LogP contribution < -0.4 is 4.90 Å². The van der Waals surface area contributed by atoms with Gasteiger partial charge in [0, 0.05) is 19.2 Å². The Kier molecular flexibility index (Phi) is 5.47. The molecule has 0 N–H and O–H groups in total. The zero-order valence-electron chi connectivity index (χ0n) is 12.5. The van der Waals surface area contributed by atoms with Crippen molar-refractivity contribution in [2.45, 2.75) is 0 Å². The van der Waals surface area contributed by atoms with E-state index in [0.717, 1.165) is 13.2 Å². The molecular weight excluding hydrogens is 308 g/mol. The maximum atomic E-state index is 11.8. The number of rotatable bonds is 5. The van der Waals surface area contributed by atoms with E-state index in [1.807, 2.05) is 4.90 Å².